The van der Waals surface area contributed by atoms with E-state index in [2.05, 4.69) is 11.4 Å². The second-order valence-electron chi connectivity index (χ2n) is 9.92. The lowest BCUT2D eigenvalue weighted by Crippen LogP contribution is -2.63. The van der Waals surface area contributed by atoms with Crippen molar-refractivity contribution in [2.24, 2.45) is 16.7 Å². The largest absolute Gasteiger partial charge is 0.388 e. The summed E-state index contributed by atoms with van der Waals surface area (Å²) in [5.41, 5.74) is -0.0601. The van der Waals surface area contributed by atoms with Crippen LogP contribution in [0.4, 0.5) is 10.1 Å². The Hall–Kier alpha value is -2.13. The summed E-state index contributed by atoms with van der Waals surface area (Å²) in [7, 11) is 1.70. The van der Waals surface area contributed by atoms with Gasteiger partial charge in [0.2, 0.25) is 5.91 Å². The van der Waals surface area contributed by atoms with Gasteiger partial charge < -0.3 is 15.6 Å². The molecule has 1 aromatic rings. The average molecular weight is 431 g/mol. The Balaban J connectivity index is 1.56. The van der Waals surface area contributed by atoms with E-state index in [-0.39, 0.29) is 40.6 Å². The maximum absolute atomic E-state index is 14.1. The van der Waals surface area contributed by atoms with Crippen molar-refractivity contribution in [3.8, 4) is 6.07 Å². The SMILES string of the molecule is CNc1ccc(F)c(Cl)c1C(=N)C(C)(C)CC(=O)N1C2CC3CC1CC(C#N)(C3)C2. The third-order valence-electron chi connectivity index (χ3n) is 7.34. The van der Waals surface area contributed by atoms with Crippen LogP contribution >= 0.6 is 11.6 Å². The predicted octanol–water partition coefficient (Wildman–Crippen LogP) is 4.99. The van der Waals surface area contributed by atoms with Crippen LogP contribution in [0.1, 0.15) is 57.9 Å². The molecule has 0 spiro atoms. The zero-order valence-electron chi connectivity index (χ0n) is 17.7. The number of rotatable bonds is 5. The number of nitrogens with zero attached hydrogens (tertiary/aromatic N) is 2. The number of halogens is 2. The number of carbonyl (C=O) groups is 1. The number of anilines is 1. The number of carbonyl (C=O) groups excluding carboxylic acids is 1. The van der Waals surface area contributed by atoms with Crippen molar-refractivity contribution in [2.75, 3.05) is 12.4 Å². The molecule has 2 aliphatic heterocycles. The van der Waals surface area contributed by atoms with Crippen LogP contribution in [0.25, 0.3) is 0 Å². The molecule has 0 radical (unpaired) electrons. The van der Waals surface area contributed by atoms with Crippen molar-refractivity contribution < 1.29 is 9.18 Å². The molecular weight excluding hydrogens is 403 g/mol. The normalized spacial score (nSPS) is 29.6. The first-order valence-corrected chi connectivity index (χ1v) is 11.0. The number of hydrogen-bond donors (Lipinski definition) is 2. The average Bonchev–Trinajstić information content (AvgIpc) is 2.68. The molecule has 4 fully saturated rings. The van der Waals surface area contributed by atoms with E-state index in [4.69, 9.17) is 17.0 Å². The van der Waals surface area contributed by atoms with Crippen LogP contribution < -0.4 is 5.32 Å². The van der Waals surface area contributed by atoms with Crippen LogP contribution in [0.5, 0.6) is 0 Å². The van der Waals surface area contributed by atoms with Gasteiger partial charge in [0.1, 0.15) is 5.82 Å². The van der Waals surface area contributed by atoms with Crippen LogP contribution in [0.15, 0.2) is 12.1 Å². The molecule has 1 amide bonds. The zero-order valence-corrected chi connectivity index (χ0v) is 18.4. The lowest BCUT2D eigenvalue weighted by atomic mass is 9.56. The highest BCUT2D eigenvalue weighted by molar-refractivity contribution is 6.35. The van der Waals surface area contributed by atoms with Crippen LogP contribution in [0.2, 0.25) is 5.02 Å². The Kier molecular flexibility index (Phi) is 5.09. The fourth-order valence-corrected chi connectivity index (χ4v) is 6.33. The third kappa shape index (κ3) is 3.28. The summed E-state index contributed by atoms with van der Waals surface area (Å²) >= 11 is 6.21. The molecule has 2 N–H and O–H groups in total. The number of nitrogens with one attached hydrogen (secondary N) is 2. The molecular formula is C23H28ClFN4O. The first-order chi connectivity index (χ1) is 14.1. The van der Waals surface area contributed by atoms with Crippen molar-refractivity contribution in [1.82, 2.24) is 4.90 Å². The van der Waals surface area contributed by atoms with E-state index in [9.17, 15) is 14.4 Å². The van der Waals surface area contributed by atoms with Crippen molar-refractivity contribution in [1.29, 1.82) is 10.7 Å². The Morgan fingerprint density at radius 1 is 1.37 bits per heavy atom. The number of benzene rings is 1. The Labute approximate surface area is 182 Å². The van der Waals surface area contributed by atoms with Gasteiger partial charge in [0, 0.05) is 47.9 Å². The second kappa shape index (κ2) is 7.23. The van der Waals surface area contributed by atoms with Gasteiger partial charge in [0.15, 0.2) is 0 Å². The van der Waals surface area contributed by atoms with E-state index < -0.39 is 11.2 Å². The summed E-state index contributed by atoms with van der Waals surface area (Å²) in [6.45, 7) is 3.67. The van der Waals surface area contributed by atoms with Crippen molar-refractivity contribution in [2.45, 2.75) is 64.5 Å². The summed E-state index contributed by atoms with van der Waals surface area (Å²) in [5, 5.41) is 21.4. The van der Waals surface area contributed by atoms with Crippen molar-refractivity contribution >= 4 is 28.9 Å². The summed E-state index contributed by atoms with van der Waals surface area (Å²) in [6, 6.07) is 5.63. The molecule has 1 aromatic carbocycles. The molecule has 5 nitrogen and oxygen atoms in total. The van der Waals surface area contributed by atoms with Gasteiger partial charge in [-0.15, -0.1) is 0 Å². The maximum Gasteiger partial charge on any atom is 0.224 e. The molecule has 2 saturated carbocycles. The maximum atomic E-state index is 14.1. The number of hydrogen-bond acceptors (Lipinski definition) is 4. The highest BCUT2D eigenvalue weighted by Crippen LogP contribution is 2.56. The molecule has 2 aliphatic carbocycles. The monoisotopic (exact) mass is 430 g/mol. The minimum Gasteiger partial charge on any atom is -0.388 e. The lowest BCUT2D eigenvalue weighted by molar-refractivity contribution is -0.154. The highest BCUT2D eigenvalue weighted by Gasteiger charge is 2.56. The van der Waals surface area contributed by atoms with E-state index in [1.807, 2.05) is 18.7 Å². The van der Waals surface area contributed by atoms with Crippen LogP contribution in [0, 0.1) is 39.3 Å². The van der Waals surface area contributed by atoms with E-state index >= 15 is 0 Å². The quantitative estimate of drug-likeness (QED) is 0.646. The number of amides is 1. The summed E-state index contributed by atoms with van der Waals surface area (Å²) < 4.78 is 14.1. The Morgan fingerprint density at radius 3 is 2.57 bits per heavy atom. The number of piperidine rings is 2. The smallest absolute Gasteiger partial charge is 0.224 e. The van der Waals surface area contributed by atoms with Gasteiger partial charge in [-0.1, -0.05) is 25.4 Å². The third-order valence-corrected chi connectivity index (χ3v) is 7.71. The summed E-state index contributed by atoms with van der Waals surface area (Å²) in [6.07, 6.45) is 4.60. The van der Waals surface area contributed by atoms with Crippen molar-refractivity contribution in [3.63, 3.8) is 0 Å². The highest BCUT2D eigenvalue weighted by atomic mass is 35.5. The molecule has 2 heterocycles. The standard InChI is InChI=1S/C23H28ClFN4O/c1-22(2,21(27)19-17(28-3)5-4-16(25)20(19)24)11-18(30)29-14-6-13-7-15(29)10-23(8-13,9-14)12-26/h4-5,13-15,27-28H,6-11H2,1-3H3. The molecule has 2 unspecified atom stereocenters. The lowest BCUT2D eigenvalue weighted by Gasteiger charge is -2.59. The van der Waals surface area contributed by atoms with E-state index in [1.54, 1.807) is 13.1 Å². The molecule has 7 heteroatoms. The first-order valence-electron chi connectivity index (χ1n) is 10.6. The summed E-state index contributed by atoms with van der Waals surface area (Å²) in [5.74, 6) is -0.0175. The molecule has 2 saturated heterocycles. The van der Waals surface area contributed by atoms with Gasteiger partial charge >= 0.3 is 0 Å². The fraction of sp³-hybridized carbons (Fsp3) is 0.609. The first kappa shape index (κ1) is 21.1. The predicted molar refractivity (Wildman–Crippen MR) is 115 cm³/mol. The van der Waals surface area contributed by atoms with Gasteiger partial charge in [0.05, 0.1) is 16.5 Å². The Morgan fingerprint density at radius 2 is 2.00 bits per heavy atom. The topological polar surface area (TPSA) is 80.0 Å². The van der Waals surface area contributed by atoms with Crippen molar-refractivity contribution in [3.05, 3.63) is 28.5 Å². The minimum atomic E-state index is -0.818. The van der Waals surface area contributed by atoms with E-state index in [0.29, 0.717) is 17.2 Å². The van der Waals surface area contributed by atoms with E-state index in [0.717, 1.165) is 32.1 Å². The molecule has 4 bridgehead atoms. The summed E-state index contributed by atoms with van der Waals surface area (Å²) in [4.78, 5) is 15.4. The minimum absolute atomic E-state index is 0.0187. The Bertz CT molecular complexity index is 937. The molecule has 4 aliphatic rings. The fourth-order valence-electron chi connectivity index (χ4n) is 6.07. The van der Waals surface area contributed by atoms with Gasteiger partial charge in [0.25, 0.3) is 0 Å². The van der Waals surface area contributed by atoms with Gasteiger partial charge in [-0.2, -0.15) is 5.26 Å². The molecule has 5 rings (SSSR count). The molecule has 2 atom stereocenters. The van der Waals surface area contributed by atoms with Gasteiger partial charge in [-0.05, 0) is 50.2 Å². The van der Waals surface area contributed by atoms with Gasteiger partial charge in [-0.3, -0.25) is 4.79 Å². The molecule has 160 valence electrons. The number of nitriles is 1. The van der Waals surface area contributed by atoms with Crippen LogP contribution in [-0.4, -0.2) is 35.7 Å². The molecule has 0 aromatic heterocycles. The zero-order chi connectivity index (χ0) is 21.8. The van der Waals surface area contributed by atoms with Gasteiger partial charge in [-0.25, -0.2) is 4.39 Å². The second-order valence-corrected chi connectivity index (χ2v) is 10.3. The van der Waals surface area contributed by atoms with E-state index in [1.165, 1.54) is 6.07 Å². The van der Waals surface area contributed by atoms with Crippen LogP contribution in [0.3, 0.4) is 0 Å². The molecule has 30 heavy (non-hydrogen) atoms. The van der Waals surface area contributed by atoms with Crippen LogP contribution in [-0.2, 0) is 4.79 Å².